The van der Waals surface area contributed by atoms with E-state index in [1.165, 1.54) is 0 Å². The van der Waals surface area contributed by atoms with E-state index in [1.54, 1.807) is 12.4 Å². The van der Waals surface area contributed by atoms with E-state index in [0.717, 1.165) is 23.5 Å². The minimum atomic E-state index is -0.836. The lowest BCUT2D eigenvalue weighted by Crippen LogP contribution is -2.43. The lowest BCUT2D eigenvalue weighted by atomic mass is 9.94. The average Bonchev–Trinajstić information content (AvgIpc) is 3.10. The highest BCUT2D eigenvalue weighted by Gasteiger charge is 2.44. The summed E-state index contributed by atoms with van der Waals surface area (Å²) in [5, 5.41) is 0. The molecule has 134 valence electrons. The Kier molecular flexibility index (Phi) is 4.57. The zero-order valence-electron chi connectivity index (χ0n) is 14.8. The first-order chi connectivity index (χ1) is 12.7. The van der Waals surface area contributed by atoms with E-state index in [4.69, 9.17) is 14.2 Å². The number of rotatable bonds is 5. The SMILES string of the molecule is CC1(CC2(c3ccc(Oc4ccccc4)cc3)OCCCO2)N=CC=N1. The normalized spacial score (nSPS) is 20.2. The molecule has 0 aromatic heterocycles. The van der Waals surface area contributed by atoms with Crippen molar-refractivity contribution in [2.75, 3.05) is 13.2 Å². The molecule has 0 saturated carbocycles. The van der Waals surface area contributed by atoms with E-state index in [0.29, 0.717) is 19.6 Å². The molecule has 0 N–H and O–H groups in total. The van der Waals surface area contributed by atoms with Crippen LogP contribution in [0.3, 0.4) is 0 Å². The van der Waals surface area contributed by atoms with Crippen LogP contribution in [0.5, 0.6) is 11.5 Å². The molecule has 0 amide bonds. The van der Waals surface area contributed by atoms with Gasteiger partial charge in [0.05, 0.1) is 19.6 Å². The van der Waals surface area contributed by atoms with E-state index in [9.17, 15) is 0 Å². The molecule has 2 aliphatic heterocycles. The molecule has 26 heavy (non-hydrogen) atoms. The van der Waals surface area contributed by atoms with Crippen LogP contribution >= 0.6 is 0 Å². The Morgan fingerprint density at radius 3 is 2.15 bits per heavy atom. The Balaban J connectivity index is 1.57. The Labute approximate surface area is 153 Å². The second-order valence-electron chi connectivity index (χ2n) is 6.69. The molecular weight excluding hydrogens is 328 g/mol. The largest absolute Gasteiger partial charge is 0.457 e. The molecule has 5 nitrogen and oxygen atoms in total. The number of aliphatic imine (C=N–C) groups is 2. The smallest absolute Gasteiger partial charge is 0.199 e. The lowest BCUT2D eigenvalue weighted by molar-refractivity contribution is -0.285. The van der Waals surface area contributed by atoms with Crippen molar-refractivity contribution in [1.29, 1.82) is 0 Å². The van der Waals surface area contributed by atoms with E-state index in [-0.39, 0.29) is 0 Å². The summed E-state index contributed by atoms with van der Waals surface area (Å²) in [6.07, 6.45) is 4.88. The predicted molar refractivity (Wildman–Crippen MR) is 101 cm³/mol. The van der Waals surface area contributed by atoms with Gasteiger partial charge < -0.3 is 14.2 Å². The highest BCUT2D eigenvalue weighted by molar-refractivity contribution is 6.17. The van der Waals surface area contributed by atoms with Gasteiger partial charge in [-0.3, -0.25) is 9.98 Å². The molecular formula is C21H22N2O3. The van der Waals surface area contributed by atoms with Crippen molar-refractivity contribution in [3.8, 4) is 11.5 Å². The molecule has 4 rings (SSSR count). The van der Waals surface area contributed by atoms with Crippen molar-refractivity contribution in [3.05, 3.63) is 60.2 Å². The van der Waals surface area contributed by atoms with Crippen LogP contribution in [-0.4, -0.2) is 31.3 Å². The van der Waals surface area contributed by atoms with Crippen LogP contribution in [0.2, 0.25) is 0 Å². The average molecular weight is 350 g/mol. The number of hydrogen-bond donors (Lipinski definition) is 0. The van der Waals surface area contributed by atoms with Crippen LogP contribution in [0.4, 0.5) is 0 Å². The number of benzene rings is 2. The van der Waals surface area contributed by atoms with Crippen molar-refractivity contribution in [1.82, 2.24) is 0 Å². The number of nitrogens with zero attached hydrogens (tertiary/aromatic N) is 2. The molecule has 0 spiro atoms. The fourth-order valence-corrected chi connectivity index (χ4v) is 3.30. The molecule has 5 heteroatoms. The third kappa shape index (κ3) is 3.54. The second kappa shape index (κ2) is 7.02. The van der Waals surface area contributed by atoms with Crippen molar-refractivity contribution in [2.24, 2.45) is 9.98 Å². The van der Waals surface area contributed by atoms with Gasteiger partial charge in [-0.1, -0.05) is 18.2 Å². The molecule has 0 unspecified atom stereocenters. The van der Waals surface area contributed by atoms with Gasteiger partial charge in [-0.25, -0.2) is 0 Å². The molecule has 0 bridgehead atoms. The van der Waals surface area contributed by atoms with Gasteiger partial charge >= 0.3 is 0 Å². The summed E-state index contributed by atoms with van der Waals surface area (Å²) >= 11 is 0. The van der Waals surface area contributed by atoms with E-state index < -0.39 is 11.4 Å². The Morgan fingerprint density at radius 1 is 0.885 bits per heavy atom. The Hall–Kier alpha value is -2.50. The summed E-state index contributed by atoms with van der Waals surface area (Å²) in [6.45, 7) is 3.31. The molecule has 1 saturated heterocycles. The van der Waals surface area contributed by atoms with Crippen molar-refractivity contribution in [3.63, 3.8) is 0 Å². The highest BCUT2D eigenvalue weighted by atomic mass is 16.7. The fourth-order valence-electron chi connectivity index (χ4n) is 3.30. The van der Waals surface area contributed by atoms with Gasteiger partial charge in [0, 0.05) is 18.0 Å². The molecule has 1 fully saturated rings. The monoisotopic (exact) mass is 350 g/mol. The zero-order valence-corrected chi connectivity index (χ0v) is 14.8. The third-order valence-electron chi connectivity index (χ3n) is 4.57. The van der Waals surface area contributed by atoms with Crippen LogP contribution in [0.25, 0.3) is 0 Å². The van der Waals surface area contributed by atoms with E-state index in [1.807, 2.05) is 61.5 Å². The summed E-state index contributed by atoms with van der Waals surface area (Å²) in [6, 6.07) is 17.6. The topological polar surface area (TPSA) is 52.4 Å². The lowest BCUT2D eigenvalue weighted by Gasteiger charge is -2.40. The predicted octanol–water partition coefficient (Wildman–Crippen LogP) is 4.33. The fraction of sp³-hybridized carbons (Fsp3) is 0.333. The van der Waals surface area contributed by atoms with Crippen molar-refractivity contribution >= 4 is 12.4 Å². The van der Waals surface area contributed by atoms with Crippen LogP contribution in [0.15, 0.2) is 64.6 Å². The van der Waals surface area contributed by atoms with Crippen molar-refractivity contribution < 1.29 is 14.2 Å². The maximum atomic E-state index is 6.13. The summed E-state index contributed by atoms with van der Waals surface area (Å²) in [4.78, 5) is 8.95. The molecule has 0 radical (unpaired) electrons. The van der Waals surface area contributed by atoms with Gasteiger partial charge in [0.25, 0.3) is 0 Å². The van der Waals surface area contributed by atoms with Gasteiger partial charge in [-0.05, 0) is 49.7 Å². The first-order valence-corrected chi connectivity index (χ1v) is 8.88. The van der Waals surface area contributed by atoms with Crippen LogP contribution in [0.1, 0.15) is 25.3 Å². The standard InChI is InChI=1S/C21H22N2O3/c1-20(22-12-13-23-20)16-21(24-14-5-15-25-21)17-8-10-19(11-9-17)26-18-6-3-2-4-7-18/h2-4,6-13H,5,14-16H2,1H3. The Bertz CT molecular complexity index is 782. The van der Waals surface area contributed by atoms with E-state index in [2.05, 4.69) is 9.98 Å². The molecule has 2 aromatic carbocycles. The number of ether oxygens (including phenoxy) is 3. The number of para-hydroxylation sites is 1. The molecule has 2 aromatic rings. The van der Waals surface area contributed by atoms with Gasteiger partial charge in [-0.2, -0.15) is 0 Å². The van der Waals surface area contributed by atoms with Crippen LogP contribution in [-0.2, 0) is 15.3 Å². The first kappa shape index (κ1) is 16.9. The summed E-state index contributed by atoms with van der Waals surface area (Å²) in [7, 11) is 0. The zero-order chi connectivity index (χ0) is 17.9. The third-order valence-corrected chi connectivity index (χ3v) is 4.57. The van der Waals surface area contributed by atoms with Crippen LogP contribution in [0, 0.1) is 0 Å². The van der Waals surface area contributed by atoms with E-state index >= 15 is 0 Å². The van der Waals surface area contributed by atoms with Crippen molar-refractivity contribution in [2.45, 2.75) is 31.2 Å². The summed E-state index contributed by atoms with van der Waals surface area (Å²) in [5.41, 5.74) is 0.396. The number of hydrogen-bond acceptors (Lipinski definition) is 5. The molecule has 2 aliphatic rings. The minimum absolute atomic E-state index is 0.534. The maximum Gasteiger partial charge on any atom is 0.199 e. The van der Waals surface area contributed by atoms with Gasteiger partial charge in [0.15, 0.2) is 11.4 Å². The van der Waals surface area contributed by atoms with Gasteiger partial charge in [-0.15, -0.1) is 0 Å². The minimum Gasteiger partial charge on any atom is -0.457 e. The second-order valence-corrected chi connectivity index (χ2v) is 6.69. The molecule has 0 aliphatic carbocycles. The Morgan fingerprint density at radius 2 is 1.50 bits per heavy atom. The summed E-state index contributed by atoms with van der Waals surface area (Å²) < 4.78 is 18.1. The maximum absolute atomic E-state index is 6.13. The first-order valence-electron chi connectivity index (χ1n) is 8.88. The molecule has 0 atom stereocenters. The summed E-state index contributed by atoms with van der Waals surface area (Å²) in [5.74, 6) is 0.744. The van der Waals surface area contributed by atoms with Crippen LogP contribution < -0.4 is 4.74 Å². The highest BCUT2D eigenvalue weighted by Crippen LogP contribution is 2.41. The quantitative estimate of drug-likeness (QED) is 0.806. The van der Waals surface area contributed by atoms with Gasteiger partial charge in [0.1, 0.15) is 11.5 Å². The molecule has 2 heterocycles. The van der Waals surface area contributed by atoms with Gasteiger partial charge in [0.2, 0.25) is 0 Å².